The molecule has 0 aliphatic carbocycles. The maximum atomic E-state index is 5.89. The van der Waals surface area contributed by atoms with Crippen LogP contribution in [0, 0.1) is 6.92 Å². The van der Waals surface area contributed by atoms with Crippen LogP contribution in [0.25, 0.3) is 5.69 Å². The van der Waals surface area contributed by atoms with E-state index in [1.807, 2.05) is 38.2 Å². The second kappa shape index (κ2) is 3.38. The van der Waals surface area contributed by atoms with Gasteiger partial charge in [0.05, 0.1) is 7.05 Å². The highest BCUT2D eigenvalue weighted by Crippen LogP contribution is 2.13. The van der Waals surface area contributed by atoms with Crippen molar-refractivity contribution in [1.29, 1.82) is 0 Å². The molecule has 72 valence electrons. The third kappa shape index (κ3) is 1.48. The standard InChI is InChI=1S/C9H10ClN4/c1-7-13(2)11-12-14(7)9-5-3-4-8(10)6-9/h3-6H,1-2H3/q+1. The van der Waals surface area contributed by atoms with Crippen LogP contribution >= 0.6 is 11.6 Å². The molecule has 0 unspecified atom stereocenters. The number of hydrogen-bond donors (Lipinski definition) is 0. The summed E-state index contributed by atoms with van der Waals surface area (Å²) in [5.41, 5.74) is 0.920. The fraction of sp³-hybridized carbons (Fsp3) is 0.222. The third-order valence-electron chi connectivity index (χ3n) is 2.09. The maximum absolute atomic E-state index is 5.89. The van der Waals surface area contributed by atoms with E-state index >= 15 is 0 Å². The van der Waals surface area contributed by atoms with Crippen LogP contribution in [0.5, 0.6) is 0 Å². The van der Waals surface area contributed by atoms with Crippen molar-refractivity contribution >= 4 is 11.6 Å². The van der Waals surface area contributed by atoms with Crippen LogP contribution in [0.15, 0.2) is 24.3 Å². The summed E-state index contributed by atoms with van der Waals surface area (Å²) in [7, 11) is 1.85. The van der Waals surface area contributed by atoms with E-state index in [0.29, 0.717) is 5.02 Å². The summed E-state index contributed by atoms with van der Waals surface area (Å²) in [6.07, 6.45) is 0. The largest absolute Gasteiger partial charge is 0.259 e. The second-order valence-corrected chi connectivity index (χ2v) is 3.48. The Hall–Kier alpha value is -1.42. The molecule has 1 heterocycles. The van der Waals surface area contributed by atoms with Gasteiger partial charge in [0.1, 0.15) is 10.9 Å². The van der Waals surface area contributed by atoms with Crippen molar-refractivity contribution < 1.29 is 4.68 Å². The van der Waals surface area contributed by atoms with Gasteiger partial charge in [-0.15, -0.1) is 4.68 Å². The van der Waals surface area contributed by atoms with Crippen molar-refractivity contribution in [3.05, 3.63) is 35.1 Å². The molecule has 0 saturated heterocycles. The molecule has 0 saturated carbocycles. The van der Waals surface area contributed by atoms with Gasteiger partial charge in [-0.2, -0.15) is 0 Å². The molecule has 0 atom stereocenters. The van der Waals surface area contributed by atoms with Gasteiger partial charge in [0.15, 0.2) is 5.21 Å². The van der Waals surface area contributed by atoms with Gasteiger partial charge in [0.2, 0.25) is 0 Å². The van der Waals surface area contributed by atoms with E-state index in [0.717, 1.165) is 11.5 Å². The summed E-state index contributed by atoms with van der Waals surface area (Å²) in [5.74, 6) is 0.951. The van der Waals surface area contributed by atoms with Crippen LogP contribution in [-0.2, 0) is 7.05 Å². The van der Waals surface area contributed by atoms with E-state index in [2.05, 4.69) is 10.4 Å². The van der Waals surface area contributed by atoms with Crippen molar-refractivity contribution in [1.82, 2.24) is 15.1 Å². The lowest BCUT2D eigenvalue weighted by atomic mass is 10.3. The van der Waals surface area contributed by atoms with Gasteiger partial charge in [-0.05, 0) is 18.2 Å². The SMILES string of the molecule is Cc1n(-c2cccc(Cl)c2)nn[n+]1C. The van der Waals surface area contributed by atoms with Crippen LogP contribution in [0.3, 0.4) is 0 Å². The minimum absolute atomic E-state index is 0.694. The van der Waals surface area contributed by atoms with Crippen molar-refractivity contribution in [3.8, 4) is 5.69 Å². The van der Waals surface area contributed by atoms with Gasteiger partial charge in [0, 0.05) is 11.9 Å². The molecule has 2 rings (SSSR count). The number of tetrazole rings is 1. The predicted octanol–water partition coefficient (Wildman–Crippen LogP) is 1.05. The molecule has 0 aliphatic heterocycles. The molecule has 0 radical (unpaired) electrons. The molecule has 2 aromatic rings. The lowest BCUT2D eigenvalue weighted by molar-refractivity contribution is -0.737. The molecule has 0 aliphatic rings. The fourth-order valence-electron chi connectivity index (χ4n) is 1.21. The molecular weight excluding hydrogens is 200 g/mol. The van der Waals surface area contributed by atoms with Crippen LogP contribution < -0.4 is 4.68 Å². The predicted molar refractivity (Wildman–Crippen MR) is 52.3 cm³/mol. The van der Waals surface area contributed by atoms with Gasteiger partial charge < -0.3 is 0 Å². The molecule has 0 fully saturated rings. The monoisotopic (exact) mass is 209 g/mol. The molecule has 4 nitrogen and oxygen atoms in total. The fourth-order valence-corrected chi connectivity index (χ4v) is 1.40. The highest BCUT2D eigenvalue weighted by atomic mass is 35.5. The molecule has 5 heteroatoms. The van der Waals surface area contributed by atoms with E-state index < -0.39 is 0 Å². The summed E-state index contributed by atoms with van der Waals surface area (Å²) in [4.78, 5) is 0. The number of nitrogens with zero attached hydrogens (tertiary/aromatic N) is 4. The zero-order valence-electron chi connectivity index (χ0n) is 7.98. The number of benzene rings is 1. The second-order valence-electron chi connectivity index (χ2n) is 3.04. The Bertz CT molecular complexity index is 464. The quantitative estimate of drug-likeness (QED) is 0.659. The zero-order valence-corrected chi connectivity index (χ0v) is 8.73. The van der Waals surface area contributed by atoms with E-state index in [4.69, 9.17) is 11.6 Å². The smallest absolute Gasteiger partial charge is 0.140 e. The minimum atomic E-state index is 0.694. The maximum Gasteiger partial charge on any atom is 0.259 e. The normalized spacial score (nSPS) is 10.5. The summed E-state index contributed by atoms with van der Waals surface area (Å²) in [6, 6.07) is 7.51. The number of rotatable bonds is 1. The first-order chi connectivity index (χ1) is 6.68. The Morgan fingerprint density at radius 3 is 2.79 bits per heavy atom. The number of aryl methyl sites for hydroxylation is 1. The third-order valence-corrected chi connectivity index (χ3v) is 2.33. The minimum Gasteiger partial charge on any atom is -0.140 e. The number of halogens is 1. The topological polar surface area (TPSA) is 34.6 Å². The van der Waals surface area contributed by atoms with Crippen molar-refractivity contribution in [3.63, 3.8) is 0 Å². The van der Waals surface area contributed by atoms with E-state index in [9.17, 15) is 0 Å². The van der Waals surface area contributed by atoms with Crippen molar-refractivity contribution in [2.24, 2.45) is 7.05 Å². The summed E-state index contributed by atoms with van der Waals surface area (Å²) < 4.78 is 3.45. The Morgan fingerprint density at radius 1 is 1.43 bits per heavy atom. The number of aromatic nitrogens is 4. The average molecular weight is 210 g/mol. The molecular formula is C9H10ClN4+. The van der Waals surface area contributed by atoms with Gasteiger partial charge in [0.25, 0.3) is 5.82 Å². The molecule has 0 amide bonds. The first-order valence-electron chi connectivity index (χ1n) is 4.23. The molecule has 14 heavy (non-hydrogen) atoms. The molecule has 1 aromatic heterocycles. The summed E-state index contributed by atoms with van der Waals surface area (Å²) in [5, 5.41) is 8.60. The Kier molecular flexibility index (Phi) is 2.21. The molecule has 0 bridgehead atoms. The zero-order chi connectivity index (χ0) is 10.1. The summed E-state index contributed by atoms with van der Waals surface area (Å²) in [6.45, 7) is 1.95. The average Bonchev–Trinajstić information content (AvgIpc) is 2.48. The van der Waals surface area contributed by atoms with Crippen molar-refractivity contribution in [2.75, 3.05) is 0 Å². The number of hydrogen-bond acceptors (Lipinski definition) is 2. The van der Waals surface area contributed by atoms with Crippen LogP contribution in [0.4, 0.5) is 0 Å². The van der Waals surface area contributed by atoms with Gasteiger partial charge in [-0.3, -0.25) is 0 Å². The van der Waals surface area contributed by atoms with Crippen molar-refractivity contribution in [2.45, 2.75) is 6.92 Å². The van der Waals surface area contributed by atoms with E-state index in [-0.39, 0.29) is 0 Å². The van der Waals surface area contributed by atoms with Gasteiger partial charge in [-0.25, -0.2) is 0 Å². The van der Waals surface area contributed by atoms with E-state index in [1.54, 1.807) is 9.36 Å². The van der Waals surface area contributed by atoms with Crippen LogP contribution in [0.1, 0.15) is 5.82 Å². The highest BCUT2D eigenvalue weighted by Gasteiger charge is 2.14. The Balaban J connectivity index is 2.55. The van der Waals surface area contributed by atoms with Gasteiger partial charge >= 0.3 is 0 Å². The van der Waals surface area contributed by atoms with Gasteiger partial charge in [-0.1, -0.05) is 22.3 Å². The Labute approximate surface area is 86.7 Å². The lowest BCUT2D eigenvalue weighted by Crippen LogP contribution is -2.33. The highest BCUT2D eigenvalue weighted by molar-refractivity contribution is 6.30. The lowest BCUT2D eigenvalue weighted by Gasteiger charge is -1.94. The first-order valence-corrected chi connectivity index (χ1v) is 4.61. The summed E-state index contributed by atoms with van der Waals surface area (Å²) >= 11 is 5.89. The molecule has 0 spiro atoms. The molecule has 0 N–H and O–H groups in total. The van der Waals surface area contributed by atoms with Crippen LogP contribution in [0.2, 0.25) is 5.02 Å². The van der Waals surface area contributed by atoms with E-state index in [1.165, 1.54) is 0 Å². The Morgan fingerprint density at radius 2 is 2.21 bits per heavy atom. The molecule has 1 aromatic carbocycles. The first kappa shape index (κ1) is 9.15. The van der Waals surface area contributed by atoms with Crippen LogP contribution in [-0.4, -0.2) is 15.1 Å².